The van der Waals surface area contributed by atoms with Crippen molar-refractivity contribution in [2.45, 2.75) is 13.0 Å². The molecule has 2 N–H and O–H groups in total. The number of fused-ring (bicyclic) bond motifs is 1. The second-order valence-electron chi connectivity index (χ2n) is 5.23. The normalized spacial score (nSPS) is 22.9. The Morgan fingerprint density at radius 2 is 2.11 bits per heavy atom. The van der Waals surface area contributed by atoms with E-state index in [1.807, 2.05) is 35.2 Å². The molecule has 4 nitrogen and oxygen atoms in total. The molecule has 2 heterocycles. The average Bonchev–Trinajstić information content (AvgIpc) is 2.77. The molecular weight excluding hydrogens is 238 g/mol. The summed E-state index contributed by atoms with van der Waals surface area (Å²) in [5.41, 5.74) is 6.51. The van der Waals surface area contributed by atoms with E-state index in [0.29, 0.717) is 24.7 Å². The number of hydrogen-bond acceptors (Lipinski definition) is 3. The molecule has 0 aliphatic carbocycles. The maximum atomic E-state index is 12.6. The van der Waals surface area contributed by atoms with Crippen LogP contribution in [0.2, 0.25) is 0 Å². The lowest BCUT2D eigenvalue weighted by Gasteiger charge is -2.16. The molecule has 19 heavy (non-hydrogen) atoms. The topological polar surface area (TPSA) is 59.2 Å². The van der Waals surface area contributed by atoms with Gasteiger partial charge in [-0.2, -0.15) is 0 Å². The van der Waals surface area contributed by atoms with Crippen molar-refractivity contribution in [3.8, 4) is 0 Å². The molecule has 0 spiro atoms. The molecule has 1 aromatic carbocycles. The zero-order valence-corrected chi connectivity index (χ0v) is 10.9. The van der Waals surface area contributed by atoms with Crippen molar-refractivity contribution in [1.82, 2.24) is 9.88 Å². The van der Waals surface area contributed by atoms with Crippen LogP contribution in [0.15, 0.2) is 36.5 Å². The number of amides is 1. The highest BCUT2D eigenvalue weighted by Crippen LogP contribution is 2.21. The SMILES string of the molecule is CC1CN(C(=O)c2nccc3ccccc23)CC1N. The molecule has 3 rings (SSSR count). The maximum Gasteiger partial charge on any atom is 0.273 e. The Morgan fingerprint density at radius 1 is 1.32 bits per heavy atom. The second kappa shape index (κ2) is 4.63. The first-order chi connectivity index (χ1) is 9.16. The van der Waals surface area contributed by atoms with E-state index in [9.17, 15) is 4.79 Å². The van der Waals surface area contributed by atoms with Gasteiger partial charge >= 0.3 is 0 Å². The molecule has 1 amide bonds. The molecule has 2 unspecified atom stereocenters. The summed E-state index contributed by atoms with van der Waals surface area (Å²) in [6, 6.07) is 9.81. The molecule has 1 fully saturated rings. The highest BCUT2D eigenvalue weighted by atomic mass is 16.2. The van der Waals surface area contributed by atoms with Gasteiger partial charge in [0.05, 0.1) is 0 Å². The van der Waals surface area contributed by atoms with E-state index < -0.39 is 0 Å². The van der Waals surface area contributed by atoms with E-state index in [1.54, 1.807) is 6.20 Å². The number of carbonyl (C=O) groups is 1. The Kier molecular flexibility index (Phi) is 2.95. The third-order valence-electron chi connectivity index (χ3n) is 3.83. The van der Waals surface area contributed by atoms with E-state index >= 15 is 0 Å². The van der Waals surface area contributed by atoms with Gasteiger partial charge in [-0.15, -0.1) is 0 Å². The van der Waals surface area contributed by atoms with Crippen LogP contribution < -0.4 is 5.73 Å². The number of likely N-dealkylation sites (tertiary alicyclic amines) is 1. The average molecular weight is 255 g/mol. The predicted molar refractivity (Wildman–Crippen MR) is 74.8 cm³/mol. The smallest absolute Gasteiger partial charge is 0.273 e. The van der Waals surface area contributed by atoms with Gasteiger partial charge < -0.3 is 10.6 Å². The summed E-state index contributed by atoms with van der Waals surface area (Å²) < 4.78 is 0. The standard InChI is InChI=1S/C15H17N3O/c1-10-8-18(9-13(10)16)15(19)14-12-5-3-2-4-11(12)6-7-17-14/h2-7,10,13H,8-9,16H2,1H3. The first-order valence-electron chi connectivity index (χ1n) is 6.55. The van der Waals surface area contributed by atoms with Gasteiger partial charge in [0, 0.05) is 30.7 Å². The van der Waals surface area contributed by atoms with Gasteiger partial charge in [0.25, 0.3) is 5.91 Å². The van der Waals surface area contributed by atoms with Crippen LogP contribution in [-0.4, -0.2) is 34.9 Å². The number of carbonyl (C=O) groups excluding carboxylic acids is 1. The van der Waals surface area contributed by atoms with Crippen molar-refractivity contribution in [3.05, 3.63) is 42.2 Å². The summed E-state index contributed by atoms with van der Waals surface area (Å²) in [5, 5.41) is 1.94. The Hall–Kier alpha value is -1.94. The maximum absolute atomic E-state index is 12.6. The first kappa shape index (κ1) is 12.1. The van der Waals surface area contributed by atoms with Gasteiger partial charge in [0.1, 0.15) is 5.69 Å². The van der Waals surface area contributed by atoms with Gasteiger partial charge in [-0.25, -0.2) is 0 Å². The zero-order chi connectivity index (χ0) is 13.4. The minimum absolute atomic E-state index is 0.0170. The summed E-state index contributed by atoms with van der Waals surface area (Å²) in [5.74, 6) is 0.329. The van der Waals surface area contributed by atoms with Gasteiger partial charge in [0.2, 0.25) is 0 Å². The predicted octanol–water partition coefficient (Wildman–Crippen LogP) is 1.65. The molecule has 98 valence electrons. The van der Waals surface area contributed by atoms with Crippen molar-refractivity contribution in [2.75, 3.05) is 13.1 Å². The largest absolute Gasteiger partial charge is 0.335 e. The lowest BCUT2D eigenvalue weighted by molar-refractivity contribution is 0.0783. The molecule has 0 bridgehead atoms. The van der Waals surface area contributed by atoms with Crippen LogP contribution in [0.25, 0.3) is 10.8 Å². The molecule has 2 aromatic rings. The number of pyridine rings is 1. The van der Waals surface area contributed by atoms with E-state index in [1.165, 1.54) is 0 Å². The van der Waals surface area contributed by atoms with E-state index in [0.717, 1.165) is 10.8 Å². The molecular formula is C15H17N3O. The van der Waals surface area contributed by atoms with Crippen LogP contribution in [0.1, 0.15) is 17.4 Å². The summed E-state index contributed by atoms with van der Waals surface area (Å²) in [4.78, 5) is 18.6. The second-order valence-corrected chi connectivity index (χ2v) is 5.23. The molecule has 0 saturated carbocycles. The van der Waals surface area contributed by atoms with Crippen molar-refractivity contribution >= 4 is 16.7 Å². The zero-order valence-electron chi connectivity index (χ0n) is 10.9. The van der Waals surface area contributed by atoms with Gasteiger partial charge in [-0.3, -0.25) is 9.78 Å². The fraction of sp³-hybridized carbons (Fsp3) is 0.333. The summed E-state index contributed by atoms with van der Waals surface area (Å²) in [7, 11) is 0. The molecule has 1 saturated heterocycles. The van der Waals surface area contributed by atoms with Crippen molar-refractivity contribution in [1.29, 1.82) is 0 Å². The van der Waals surface area contributed by atoms with Gasteiger partial charge in [0.15, 0.2) is 0 Å². The van der Waals surface area contributed by atoms with Crippen molar-refractivity contribution < 1.29 is 4.79 Å². The number of aromatic nitrogens is 1. The number of hydrogen-bond donors (Lipinski definition) is 1. The van der Waals surface area contributed by atoms with Crippen LogP contribution in [-0.2, 0) is 0 Å². The third-order valence-corrected chi connectivity index (χ3v) is 3.83. The van der Waals surface area contributed by atoms with Gasteiger partial charge in [-0.1, -0.05) is 31.2 Å². The monoisotopic (exact) mass is 255 g/mol. The lowest BCUT2D eigenvalue weighted by Crippen LogP contribution is -2.32. The summed E-state index contributed by atoms with van der Waals surface area (Å²) in [6.07, 6.45) is 1.69. The molecule has 0 radical (unpaired) electrons. The quantitative estimate of drug-likeness (QED) is 0.843. The fourth-order valence-corrected chi connectivity index (χ4v) is 2.60. The minimum Gasteiger partial charge on any atom is -0.335 e. The third kappa shape index (κ3) is 2.08. The fourth-order valence-electron chi connectivity index (χ4n) is 2.60. The minimum atomic E-state index is -0.0170. The molecule has 1 aliphatic heterocycles. The number of nitrogens with zero attached hydrogens (tertiary/aromatic N) is 2. The van der Waals surface area contributed by atoms with Crippen LogP contribution in [0.5, 0.6) is 0 Å². The van der Waals surface area contributed by atoms with Crippen LogP contribution in [0.3, 0.4) is 0 Å². The van der Waals surface area contributed by atoms with Crippen LogP contribution >= 0.6 is 0 Å². The Bertz CT molecular complexity index is 610. The molecule has 2 atom stereocenters. The van der Waals surface area contributed by atoms with E-state index in [-0.39, 0.29) is 11.9 Å². The Labute approximate surface area is 112 Å². The van der Waals surface area contributed by atoms with Crippen LogP contribution in [0, 0.1) is 5.92 Å². The summed E-state index contributed by atoms with van der Waals surface area (Å²) >= 11 is 0. The lowest BCUT2D eigenvalue weighted by atomic mass is 10.1. The highest BCUT2D eigenvalue weighted by molar-refractivity contribution is 6.05. The van der Waals surface area contributed by atoms with E-state index in [2.05, 4.69) is 11.9 Å². The number of benzene rings is 1. The molecule has 1 aliphatic rings. The first-order valence-corrected chi connectivity index (χ1v) is 6.55. The van der Waals surface area contributed by atoms with Crippen LogP contribution in [0.4, 0.5) is 0 Å². The number of nitrogens with two attached hydrogens (primary N) is 1. The Morgan fingerprint density at radius 3 is 2.84 bits per heavy atom. The van der Waals surface area contributed by atoms with Gasteiger partial charge in [-0.05, 0) is 17.4 Å². The number of rotatable bonds is 1. The highest BCUT2D eigenvalue weighted by Gasteiger charge is 2.31. The summed E-state index contributed by atoms with van der Waals surface area (Å²) in [6.45, 7) is 3.41. The van der Waals surface area contributed by atoms with E-state index in [4.69, 9.17) is 5.73 Å². The van der Waals surface area contributed by atoms with Crippen molar-refractivity contribution in [3.63, 3.8) is 0 Å². The Balaban J connectivity index is 1.98. The molecule has 4 heteroatoms. The van der Waals surface area contributed by atoms with Crippen molar-refractivity contribution in [2.24, 2.45) is 11.7 Å². The molecule has 1 aromatic heterocycles.